The zero-order valence-electron chi connectivity index (χ0n) is 16.2. The van der Waals surface area contributed by atoms with Gasteiger partial charge in [-0.3, -0.25) is 9.88 Å². The van der Waals surface area contributed by atoms with E-state index in [0.717, 1.165) is 27.7 Å². The first-order chi connectivity index (χ1) is 13.3. The fourth-order valence-corrected chi connectivity index (χ4v) is 4.01. The lowest BCUT2D eigenvalue weighted by molar-refractivity contribution is -0.0185. The monoisotopic (exact) mass is 494 g/mol. The Morgan fingerprint density at radius 2 is 2.04 bits per heavy atom. The topological polar surface area (TPSA) is 68.7 Å². The summed E-state index contributed by atoms with van der Waals surface area (Å²) in [7, 11) is 1.38. The quantitative estimate of drug-likeness (QED) is 0.469. The minimum atomic E-state index is -0.650. The number of halogens is 1. The Labute approximate surface area is 178 Å². The molecule has 0 saturated carbocycles. The number of hydrogen-bond donors (Lipinski definition) is 0. The first-order valence-electron chi connectivity index (χ1n) is 9.04. The van der Waals surface area contributed by atoms with Gasteiger partial charge in [-0.1, -0.05) is 6.07 Å². The second kappa shape index (κ2) is 8.57. The van der Waals surface area contributed by atoms with Crippen LogP contribution in [-0.2, 0) is 22.4 Å². The molecule has 0 bridgehead atoms. The summed E-state index contributed by atoms with van der Waals surface area (Å²) < 4.78 is 11.6. The number of esters is 2. The molecule has 2 aromatic rings. The molecule has 1 aliphatic rings. The highest BCUT2D eigenvalue weighted by atomic mass is 127. The van der Waals surface area contributed by atoms with Crippen LogP contribution in [0.15, 0.2) is 36.7 Å². The third kappa shape index (κ3) is 4.88. The third-order valence-corrected chi connectivity index (χ3v) is 5.33. The Morgan fingerprint density at radius 1 is 1.25 bits per heavy atom. The molecular weight excluding hydrogens is 471 g/mol. The molecule has 7 heteroatoms. The van der Waals surface area contributed by atoms with Crippen LogP contribution in [-0.4, -0.2) is 47.6 Å². The molecule has 0 N–H and O–H groups in total. The summed E-state index contributed by atoms with van der Waals surface area (Å²) in [6, 6.07) is 7.36. The van der Waals surface area contributed by atoms with E-state index in [1.54, 1.807) is 18.5 Å². The van der Waals surface area contributed by atoms with E-state index in [0.29, 0.717) is 24.2 Å². The molecule has 0 aliphatic carbocycles. The highest BCUT2D eigenvalue weighted by Crippen LogP contribution is 2.25. The van der Waals surface area contributed by atoms with Crippen molar-refractivity contribution in [2.45, 2.75) is 32.4 Å². The summed E-state index contributed by atoms with van der Waals surface area (Å²) in [4.78, 5) is 30.8. The van der Waals surface area contributed by atoms with Gasteiger partial charge in [-0.15, -0.1) is 0 Å². The molecule has 0 saturated heterocycles. The third-order valence-electron chi connectivity index (χ3n) is 4.66. The number of ether oxygens (including phenoxy) is 2. The van der Waals surface area contributed by atoms with Crippen LogP contribution in [0, 0.1) is 3.57 Å². The highest BCUT2D eigenvalue weighted by molar-refractivity contribution is 14.1. The molecule has 0 fully saturated rings. The number of carbonyl (C=O) groups is 2. The molecule has 0 atom stereocenters. The van der Waals surface area contributed by atoms with Gasteiger partial charge in [0.1, 0.15) is 5.60 Å². The van der Waals surface area contributed by atoms with Crippen molar-refractivity contribution in [3.63, 3.8) is 0 Å². The Bertz CT molecular complexity index is 898. The van der Waals surface area contributed by atoms with Crippen LogP contribution in [0.1, 0.15) is 45.7 Å². The van der Waals surface area contributed by atoms with Gasteiger partial charge in [-0.25, -0.2) is 9.59 Å². The predicted octanol–water partition coefficient (Wildman–Crippen LogP) is 3.47. The van der Waals surface area contributed by atoms with Gasteiger partial charge in [0.05, 0.1) is 18.2 Å². The number of fused-ring (bicyclic) bond motifs is 1. The van der Waals surface area contributed by atoms with Gasteiger partial charge in [0.15, 0.2) is 0 Å². The summed E-state index contributed by atoms with van der Waals surface area (Å²) in [6.45, 7) is 5.84. The Morgan fingerprint density at radius 3 is 2.75 bits per heavy atom. The summed E-state index contributed by atoms with van der Waals surface area (Å²) in [5.74, 6) is -0.680. The van der Waals surface area contributed by atoms with E-state index in [-0.39, 0.29) is 11.9 Å². The van der Waals surface area contributed by atoms with Crippen LogP contribution >= 0.6 is 22.6 Å². The maximum Gasteiger partial charge on any atom is 0.339 e. The van der Waals surface area contributed by atoms with Crippen molar-refractivity contribution in [1.29, 1.82) is 0 Å². The first-order valence-corrected chi connectivity index (χ1v) is 10.1. The molecule has 6 nitrogen and oxygen atoms in total. The molecule has 0 radical (unpaired) electrons. The van der Waals surface area contributed by atoms with Crippen molar-refractivity contribution >= 4 is 34.5 Å². The van der Waals surface area contributed by atoms with Gasteiger partial charge in [0.2, 0.25) is 0 Å². The van der Waals surface area contributed by atoms with Crippen LogP contribution in [0.2, 0.25) is 0 Å². The predicted molar refractivity (Wildman–Crippen MR) is 113 cm³/mol. The summed E-state index contributed by atoms with van der Waals surface area (Å²) in [6.07, 6.45) is 4.08. The second-order valence-electron chi connectivity index (χ2n) is 7.44. The van der Waals surface area contributed by atoms with E-state index in [9.17, 15) is 9.59 Å². The number of methoxy groups -OCH3 is 1. The fourth-order valence-electron chi connectivity index (χ4n) is 3.47. The number of rotatable bonds is 5. The van der Waals surface area contributed by atoms with Crippen molar-refractivity contribution in [2.75, 3.05) is 20.2 Å². The molecule has 1 aliphatic heterocycles. The number of aromatic nitrogens is 1. The molecule has 3 rings (SSSR count). The van der Waals surface area contributed by atoms with E-state index < -0.39 is 5.60 Å². The Kier molecular flexibility index (Phi) is 6.34. The smallest absolute Gasteiger partial charge is 0.339 e. The van der Waals surface area contributed by atoms with Crippen LogP contribution in [0.25, 0.3) is 0 Å². The van der Waals surface area contributed by atoms with E-state index in [1.165, 1.54) is 7.11 Å². The zero-order chi connectivity index (χ0) is 20.3. The van der Waals surface area contributed by atoms with Crippen LogP contribution in [0.5, 0.6) is 0 Å². The second-order valence-corrected chi connectivity index (χ2v) is 8.68. The molecule has 1 aromatic heterocycles. The Balaban J connectivity index is 1.67. The molecule has 2 heterocycles. The SMILES string of the molecule is COC(=O)c1cncc2c1CCN(CC(C)(C)OC(=O)c1cccc(I)c1)C2. The lowest BCUT2D eigenvalue weighted by Gasteiger charge is -2.35. The number of carbonyl (C=O) groups excluding carboxylic acids is 2. The zero-order valence-corrected chi connectivity index (χ0v) is 18.4. The standard InChI is InChI=1S/C21H23IN2O4/c1-21(2,28-19(25)14-5-4-6-16(22)9-14)13-24-8-7-17-15(12-24)10-23-11-18(17)20(26)27-3/h4-6,9-11H,7-8,12-13H2,1-3H3. The fraction of sp³-hybridized carbons (Fsp3) is 0.381. The summed E-state index contributed by atoms with van der Waals surface area (Å²) >= 11 is 2.18. The lowest BCUT2D eigenvalue weighted by atomic mass is 9.96. The molecule has 1 aromatic carbocycles. The van der Waals surface area contributed by atoms with E-state index >= 15 is 0 Å². The molecule has 0 amide bonds. The molecule has 148 valence electrons. The average Bonchev–Trinajstić information content (AvgIpc) is 2.66. The van der Waals surface area contributed by atoms with Crippen LogP contribution in [0.3, 0.4) is 0 Å². The maximum absolute atomic E-state index is 12.5. The summed E-state index contributed by atoms with van der Waals surface area (Å²) in [5, 5.41) is 0. The van der Waals surface area contributed by atoms with Crippen LogP contribution in [0.4, 0.5) is 0 Å². The van der Waals surface area contributed by atoms with Crippen LogP contribution < -0.4 is 0 Å². The van der Waals surface area contributed by atoms with Crippen molar-refractivity contribution in [3.8, 4) is 0 Å². The number of nitrogens with zero attached hydrogens (tertiary/aromatic N) is 2. The van der Waals surface area contributed by atoms with Gasteiger partial charge in [-0.2, -0.15) is 0 Å². The molecule has 0 unspecified atom stereocenters. The van der Waals surface area contributed by atoms with Gasteiger partial charge in [0, 0.05) is 35.6 Å². The maximum atomic E-state index is 12.5. The minimum Gasteiger partial charge on any atom is -0.465 e. The van der Waals surface area contributed by atoms with Crippen molar-refractivity contribution < 1.29 is 19.1 Å². The van der Waals surface area contributed by atoms with Crippen molar-refractivity contribution in [1.82, 2.24) is 9.88 Å². The number of hydrogen-bond acceptors (Lipinski definition) is 6. The molecule has 28 heavy (non-hydrogen) atoms. The van der Waals surface area contributed by atoms with Gasteiger partial charge >= 0.3 is 11.9 Å². The highest BCUT2D eigenvalue weighted by Gasteiger charge is 2.30. The number of pyridine rings is 1. The normalized spacial score (nSPS) is 14.3. The van der Waals surface area contributed by atoms with Crippen molar-refractivity contribution in [2.24, 2.45) is 0 Å². The largest absolute Gasteiger partial charge is 0.465 e. The van der Waals surface area contributed by atoms with E-state index in [1.807, 2.05) is 32.0 Å². The van der Waals surface area contributed by atoms with Gasteiger partial charge < -0.3 is 9.47 Å². The van der Waals surface area contributed by atoms with Gasteiger partial charge in [-0.05, 0) is 72.2 Å². The molecule has 0 spiro atoms. The molecular formula is C21H23IN2O4. The van der Waals surface area contributed by atoms with E-state index in [4.69, 9.17) is 9.47 Å². The minimum absolute atomic E-state index is 0.324. The average molecular weight is 494 g/mol. The first kappa shape index (κ1) is 20.7. The number of benzene rings is 1. The summed E-state index contributed by atoms with van der Waals surface area (Å²) in [5.41, 5.74) is 2.43. The van der Waals surface area contributed by atoms with Crippen molar-refractivity contribution in [3.05, 3.63) is 62.5 Å². The van der Waals surface area contributed by atoms with E-state index in [2.05, 4.69) is 32.5 Å². The van der Waals surface area contributed by atoms with Gasteiger partial charge in [0.25, 0.3) is 0 Å². The Hall–Kier alpha value is -2.00. The lowest BCUT2D eigenvalue weighted by Crippen LogP contribution is -2.44.